The average molecular weight is 349 g/mol. The predicted octanol–water partition coefficient (Wildman–Crippen LogP) is 3.59. The third-order valence-corrected chi connectivity index (χ3v) is 4.62. The molecule has 3 aromatic rings. The molecule has 1 aromatic carbocycles. The van der Waals surface area contributed by atoms with Gasteiger partial charge in [-0.05, 0) is 37.1 Å². The number of nitrogens with zero attached hydrogens (tertiary/aromatic N) is 2. The highest BCUT2D eigenvalue weighted by Gasteiger charge is 2.16. The summed E-state index contributed by atoms with van der Waals surface area (Å²) in [6, 6.07) is 11.0. The fraction of sp³-hybridized carbons (Fsp3) is 0.250. The highest BCUT2D eigenvalue weighted by Crippen LogP contribution is 2.29. The van der Waals surface area contributed by atoms with E-state index in [0.717, 1.165) is 53.9 Å². The molecule has 4 rings (SSSR count). The second kappa shape index (κ2) is 7.09. The highest BCUT2D eigenvalue weighted by molar-refractivity contribution is 5.93. The molecule has 2 N–H and O–H groups in total. The van der Waals surface area contributed by atoms with Gasteiger partial charge in [0.05, 0.1) is 16.8 Å². The van der Waals surface area contributed by atoms with Gasteiger partial charge in [0.25, 0.3) is 0 Å². The van der Waals surface area contributed by atoms with E-state index < -0.39 is 5.97 Å². The van der Waals surface area contributed by atoms with E-state index >= 15 is 0 Å². The molecule has 6 nitrogen and oxygen atoms in total. The molecule has 3 heterocycles. The number of aromatic carboxylic acids is 1. The number of anilines is 1. The van der Waals surface area contributed by atoms with Crippen molar-refractivity contribution < 1.29 is 14.6 Å². The van der Waals surface area contributed by atoms with Crippen LogP contribution in [0.4, 0.5) is 5.69 Å². The number of nitrogens with one attached hydrogen (secondary N) is 1. The van der Waals surface area contributed by atoms with Crippen LogP contribution in [-0.2, 0) is 4.74 Å². The molecule has 1 aliphatic rings. The Morgan fingerprint density at radius 1 is 1.15 bits per heavy atom. The summed E-state index contributed by atoms with van der Waals surface area (Å²) in [5.74, 6) is -0.934. The molecule has 0 radical (unpaired) electrons. The number of carboxylic acid groups (broad SMARTS) is 1. The maximum Gasteiger partial charge on any atom is 0.335 e. The number of fused-ring (bicyclic) bond motifs is 1. The lowest BCUT2D eigenvalue weighted by Crippen LogP contribution is -2.28. The molecule has 0 bridgehead atoms. The van der Waals surface area contributed by atoms with Crippen molar-refractivity contribution in [2.75, 3.05) is 18.5 Å². The Bertz CT molecular complexity index is 935. The van der Waals surface area contributed by atoms with E-state index in [-0.39, 0.29) is 5.56 Å². The summed E-state index contributed by atoms with van der Waals surface area (Å²) >= 11 is 0. The average Bonchev–Trinajstić information content (AvgIpc) is 2.69. The first-order valence-corrected chi connectivity index (χ1v) is 8.63. The number of carboxylic acids is 1. The molecule has 2 aromatic heterocycles. The van der Waals surface area contributed by atoms with Gasteiger partial charge in [-0.15, -0.1) is 0 Å². The van der Waals surface area contributed by atoms with Crippen molar-refractivity contribution in [3.8, 4) is 11.3 Å². The molecule has 1 saturated heterocycles. The lowest BCUT2D eigenvalue weighted by atomic mass is 10.0. The van der Waals surface area contributed by atoms with Crippen LogP contribution >= 0.6 is 0 Å². The van der Waals surface area contributed by atoms with Crippen LogP contribution in [0.25, 0.3) is 22.2 Å². The minimum absolute atomic E-state index is 0.263. The van der Waals surface area contributed by atoms with E-state index in [2.05, 4.69) is 10.3 Å². The summed E-state index contributed by atoms with van der Waals surface area (Å²) in [4.78, 5) is 20.0. The number of ether oxygens (including phenoxy) is 1. The molecule has 0 aliphatic carbocycles. The quantitative estimate of drug-likeness (QED) is 0.749. The van der Waals surface area contributed by atoms with E-state index in [1.54, 1.807) is 30.5 Å². The SMILES string of the molecule is O=C(O)c1ccc(-c2cc(NC3CCOCC3)c3cnccc3n2)cc1. The number of rotatable bonds is 4. The summed E-state index contributed by atoms with van der Waals surface area (Å²) in [5.41, 5.74) is 3.79. The van der Waals surface area contributed by atoms with Gasteiger partial charge < -0.3 is 15.2 Å². The lowest BCUT2D eigenvalue weighted by Gasteiger charge is -2.25. The number of hydrogen-bond acceptors (Lipinski definition) is 5. The molecule has 1 aliphatic heterocycles. The zero-order valence-electron chi connectivity index (χ0n) is 14.2. The van der Waals surface area contributed by atoms with Gasteiger partial charge in [-0.1, -0.05) is 12.1 Å². The van der Waals surface area contributed by atoms with Crippen LogP contribution in [0.15, 0.2) is 48.8 Å². The molecule has 26 heavy (non-hydrogen) atoms. The van der Waals surface area contributed by atoms with Crippen LogP contribution in [0.3, 0.4) is 0 Å². The monoisotopic (exact) mass is 349 g/mol. The first-order chi connectivity index (χ1) is 12.7. The number of hydrogen-bond donors (Lipinski definition) is 2. The first-order valence-electron chi connectivity index (χ1n) is 8.63. The Morgan fingerprint density at radius 2 is 1.92 bits per heavy atom. The van der Waals surface area contributed by atoms with Gasteiger partial charge in [-0.3, -0.25) is 4.98 Å². The summed E-state index contributed by atoms with van der Waals surface area (Å²) in [6.07, 6.45) is 5.48. The highest BCUT2D eigenvalue weighted by atomic mass is 16.5. The van der Waals surface area contributed by atoms with Crippen LogP contribution in [0, 0.1) is 0 Å². The summed E-state index contributed by atoms with van der Waals surface area (Å²) in [7, 11) is 0. The van der Waals surface area contributed by atoms with Gasteiger partial charge in [-0.2, -0.15) is 0 Å². The summed E-state index contributed by atoms with van der Waals surface area (Å²) < 4.78 is 5.44. The van der Waals surface area contributed by atoms with Crippen LogP contribution in [0.1, 0.15) is 23.2 Å². The molecule has 6 heteroatoms. The summed E-state index contributed by atoms with van der Waals surface area (Å²) in [5, 5.41) is 13.7. The second-order valence-electron chi connectivity index (χ2n) is 6.36. The maximum atomic E-state index is 11.1. The zero-order chi connectivity index (χ0) is 17.9. The van der Waals surface area contributed by atoms with E-state index in [9.17, 15) is 4.79 Å². The third kappa shape index (κ3) is 3.36. The number of aromatic nitrogens is 2. The minimum atomic E-state index is -0.934. The Morgan fingerprint density at radius 3 is 2.65 bits per heavy atom. The standard InChI is InChI=1S/C20H19N3O3/c24-20(25)14-3-1-13(2-4-14)18-11-19(22-15-6-9-26-10-7-15)16-12-21-8-5-17(16)23-18/h1-5,8,11-12,15H,6-7,9-10H2,(H,22,23)(H,24,25). The van der Waals surface area contributed by atoms with Crippen molar-refractivity contribution >= 4 is 22.6 Å². The van der Waals surface area contributed by atoms with Gasteiger partial charge >= 0.3 is 5.97 Å². The predicted molar refractivity (Wildman–Crippen MR) is 99.4 cm³/mol. The van der Waals surface area contributed by atoms with Gasteiger partial charge in [0.1, 0.15) is 0 Å². The van der Waals surface area contributed by atoms with Crippen LogP contribution in [-0.4, -0.2) is 40.3 Å². The summed E-state index contributed by atoms with van der Waals surface area (Å²) in [6.45, 7) is 1.53. The van der Waals surface area contributed by atoms with Crippen LogP contribution in [0.5, 0.6) is 0 Å². The lowest BCUT2D eigenvalue weighted by molar-refractivity contribution is 0.0697. The van der Waals surface area contributed by atoms with E-state index in [1.807, 2.05) is 18.3 Å². The molecule has 0 amide bonds. The number of carbonyl (C=O) groups is 1. The molecule has 0 saturated carbocycles. The molecule has 0 unspecified atom stereocenters. The molecule has 1 fully saturated rings. The smallest absolute Gasteiger partial charge is 0.335 e. The van der Waals surface area contributed by atoms with E-state index in [4.69, 9.17) is 14.8 Å². The van der Waals surface area contributed by atoms with Crippen molar-refractivity contribution in [2.45, 2.75) is 18.9 Å². The fourth-order valence-corrected chi connectivity index (χ4v) is 3.18. The second-order valence-corrected chi connectivity index (χ2v) is 6.36. The minimum Gasteiger partial charge on any atom is -0.478 e. The number of benzene rings is 1. The van der Waals surface area contributed by atoms with Crippen molar-refractivity contribution in [3.63, 3.8) is 0 Å². The Hall–Kier alpha value is -2.99. The largest absolute Gasteiger partial charge is 0.478 e. The van der Waals surface area contributed by atoms with E-state index in [1.165, 1.54) is 0 Å². The van der Waals surface area contributed by atoms with Crippen molar-refractivity contribution in [3.05, 3.63) is 54.4 Å². The molecule has 132 valence electrons. The van der Waals surface area contributed by atoms with Crippen molar-refractivity contribution in [1.29, 1.82) is 0 Å². The van der Waals surface area contributed by atoms with Crippen LogP contribution < -0.4 is 5.32 Å². The Balaban J connectivity index is 1.74. The Labute approximate surface area is 150 Å². The zero-order valence-corrected chi connectivity index (χ0v) is 14.2. The van der Waals surface area contributed by atoms with Gasteiger partial charge in [0, 0.05) is 48.3 Å². The molecular weight excluding hydrogens is 330 g/mol. The molecular formula is C20H19N3O3. The van der Waals surface area contributed by atoms with Crippen molar-refractivity contribution in [1.82, 2.24) is 9.97 Å². The Kier molecular flexibility index (Phi) is 4.50. The number of pyridine rings is 2. The molecule has 0 spiro atoms. The third-order valence-electron chi connectivity index (χ3n) is 4.62. The van der Waals surface area contributed by atoms with Gasteiger partial charge in [0.2, 0.25) is 0 Å². The van der Waals surface area contributed by atoms with Gasteiger partial charge in [0.15, 0.2) is 0 Å². The first kappa shape index (κ1) is 16.5. The topological polar surface area (TPSA) is 84.3 Å². The maximum absolute atomic E-state index is 11.1. The normalized spacial score (nSPS) is 15.1. The fourth-order valence-electron chi connectivity index (χ4n) is 3.18. The van der Waals surface area contributed by atoms with Crippen molar-refractivity contribution in [2.24, 2.45) is 0 Å². The van der Waals surface area contributed by atoms with E-state index in [0.29, 0.717) is 6.04 Å². The molecule has 0 atom stereocenters. The van der Waals surface area contributed by atoms with Crippen LogP contribution in [0.2, 0.25) is 0 Å². The van der Waals surface area contributed by atoms with Gasteiger partial charge in [-0.25, -0.2) is 9.78 Å².